The molecule has 52 heavy (non-hydrogen) atoms. The fourth-order valence-corrected chi connectivity index (χ4v) is 6.11. The number of hydrogen-bond donors (Lipinski definition) is 0. The van der Waals surface area contributed by atoms with E-state index < -0.39 is 73.2 Å². The minimum Gasteiger partial charge on any atom is -0.456 e. The molecule has 2 heterocycles. The van der Waals surface area contributed by atoms with Gasteiger partial charge in [0.2, 0.25) is 0 Å². The summed E-state index contributed by atoms with van der Waals surface area (Å²) in [6.07, 6.45) is -8.98. The Morgan fingerprint density at radius 1 is 0.500 bits per heavy atom. The Morgan fingerprint density at radius 2 is 0.942 bits per heavy atom. The number of carbonyl (C=O) groups excluding carboxylic acids is 3. The van der Waals surface area contributed by atoms with Crippen LogP contribution in [0, 0.1) is 0 Å². The lowest BCUT2D eigenvalue weighted by Crippen LogP contribution is -2.62. The molecule has 0 bridgehead atoms. The molecule has 0 spiro atoms. The normalized spacial score (nSPS) is 27.1. The fraction of sp³-hybridized carbons (Fsp3) is 0.462. The lowest BCUT2D eigenvalue weighted by atomic mass is 9.98. The van der Waals surface area contributed by atoms with E-state index in [-0.39, 0.29) is 26.4 Å². The first kappa shape index (κ1) is 39.0. The Kier molecular flexibility index (Phi) is 14.7. The third-order valence-electron chi connectivity index (χ3n) is 8.39. The maximum atomic E-state index is 12.3. The van der Waals surface area contributed by atoms with Crippen molar-refractivity contribution in [1.29, 1.82) is 0 Å². The van der Waals surface area contributed by atoms with Crippen LogP contribution < -0.4 is 0 Å². The van der Waals surface area contributed by atoms with Crippen molar-refractivity contribution < 1.29 is 61.8 Å². The van der Waals surface area contributed by atoms with Crippen molar-refractivity contribution in [1.82, 2.24) is 0 Å². The molecule has 0 saturated carbocycles. The largest absolute Gasteiger partial charge is 0.456 e. The first-order chi connectivity index (χ1) is 25.2. The lowest BCUT2D eigenvalue weighted by molar-refractivity contribution is -0.310. The van der Waals surface area contributed by atoms with Crippen LogP contribution in [0.2, 0.25) is 0 Å². The number of carbonyl (C=O) groups is 3. The van der Waals surface area contributed by atoms with E-state index in [0.29, 0.717) is 6.61 Å². The minimum atomic E-state index is -1.27. The highest BCUT2D eigenvalue weighted by molar-refractivity contribution is 5.68. The van der Waals surface area contributed by atoms with E-state index in [1.165, 1.54) is 27.9 Å². The smallest absolute Gasteiger partial charge is 0.303 e. The monoisotopic (exact) mass is 722 g/mol. The van der Waals surface area contributed by atoms with Gasteiger partial charge >= 0.3 is 17.9 Å². The van der Waals surface area contributed by atoms with Gasteiger partial charge < -0.3 is 47.4 Å². The predicted octanol–water partition coefficient (Wildman–Crippen LogP) is 4.28. The molecule has 0 radical (unpaired) electrons. The van der Waals surface area contributed by atoms with Gasteiger partial charge in [-0.1, -0.05) is 91.0 Å². The van der Waals surface area contributed by atoms with E-state index in [2.05, 4.69) is 0 Å². The second kappa shape index (κ2) is 19.6. The third kappa shape index (κ3) is 11.1. The topological polar surface area (TPSA) is 144 Å². The van der Waals surface area contributed by atoms with E-state index in [1.807, 2.05) is 91.0 Å². The Labute approximate surface area is 303 Å². The maximum Gasteiger partial charge on any atom is 0.303 e. The number of ether oxygens (including phenoxy) is 10. The first-order valence-corrected chi connectivity index (χ1v) is 17.1. The molecule has 0 unspecified atom stereocenters. The number of methoxy groups -OCH3 is 1. The van der Waals surface area contributed by atoms with Crippen molar-refractivity contribution in [3.63, 3.8) is 0 Å². The van der Waals surface area contributed by atoms with Gasteiger partial charge in [0.1, 0.15) is 24.4 Å². The molecular weight excluding hydrogens is 676 g/mol. The number of benzene rings is 3. The summed E-state index contributed by atoms with van der Waals surface area (Å²) >= 11 is 0. The molecular formula is C39H46O13. The average molecular weight is 723 g/mol. The average Bonchev–Trinajstić information content (AvgIpc) is 3.47. The molecule has 2 aliphatic heterocycles. The van der Waals surface area contributed by atoms with Crippen LogP contribution in [0.3, 0.4) is 0 Å². The molecule has 280 valence electrons. The minimum absolute atomic E-state index is 0.166. The number of rotatable bonds is 17. The summed E-state index contributed by atoms with van der Waals surface area (Å²) in [6.45, 7) is 4.38. The van der Waals surface area contributed by atoms with Crippen LogP contribution in [0.1, 0.15) is 37.5 Å². The van der Waals surface area contributed by atoms with E-state index in [0.717, 1.165) is 16.7 Å². The highest BCUT2D eigenvalue weighted by Crippen LogP contribution is 2.33. The summed E-state index contributed by atoms with van der Waals surface area (Å²) in [6, 6.07) is 29.2. The van der Waals surface area contributed by atoms with Crippen molar-refractivity contribution in [2.75, 3.05) is 20.3 Å². The summed E-state index contributed by atoms with van der Waals surface area (Å²) < 4.78 is 60.2. The van der Waals surface area contributed by atoms with Crippen LogP contribution in [0.5, 0.6) is 0 Å². The summed E-state index contributed by atoms with van der Waals surface area (Å²) in [5.74, 6) is -2.05. The summed E-state index contributed by atoms with van der Waals surface area (Å²) in [4.78, 5) is 36.5. The number of hydrogen-bond acceptors (Lipinski definition) is 13. The van der Waals surface area contributed by atoms with Crippen molar-refractivity contribution in [3.8, 4) is 0 Å². The van der Waals surface area contributed by atoms with Crippen LogP contribution in [0.4, 0.5) is 0 Å². The van der Waals surface area contributed by atoms with Crippen molar-refractivity contribution in [2.24, 2.45) is 0 Å². The second-order valence-electron chi connectivity index (χ2n) is 12.4. The Balaban J connectivity index is 1.39. The highest BCUT2D eigenvalue weighted by atomic mass is 16.8. The molecule has 9 atom stereocenters. The zero-order valence-electron chi connectivity index (χ0n) is 29.7. The second-order valence-corrected chi connectivity index (χ2v) is 12.4. The van der Waals surface area contributed by atoms with E-state index in [9.17, 15) is 14.4 Å². The van der Waals surface area contributed by atoms with E-state index in [4.69, 9.17) is 47.4 Å². The van der Waals surface area contributed by atoms with Crippen molar-refractivity contribution >= 4 is 17.9 Å². The van der Waals surface area contributed by atoms with Crippen LogP contribution in [-0.4, -0.2) is 93.5 Å². The molecule has 3 aromatic carbocycles. The van der Waals surface area contributed by atoms with Crippen LogP contribution in [0.25, 0.3) is 0 Å². The molecule has 0 aliphatic carbocycles. The van der Waals surface area contributed by atoms with Gasteiger partial charge in [-0.3, -0.25) is 14.4 Å². The third-order valence-corrected chi connectivity index (χ3v) is 8.39. The highest BCUT2D eigenvalue weighted by Gasteiger charge is 2.53. The van der Waals surface area contributed by atoms with Gasteiger partial charge in [0.15, 0.2) is 30.9 Å². The standard InChI is InChI=1S/C39H46O13/c1-25(40)48-34-32(51-38(43-4)37(50-27(3)42)35(34)49-26(2)41)24-47-39-36(46-22-30-18-12-7-13-19-30)33(45-21-29-16-10-6-11-17-29)31(52-39)23-44-20-28-14-8-5-9-15-28/h5-19,31-39H,20-24H2,1-4H3/t31-,32-,33-,34-,35+,36+,37-,38+,39+/m1/s1. The zero-order chi connectivity index (χ0) is 36.9. The first-order valence-electron chi connectivity index (χ1n) is 17.1. The molecule has 5 rings (SSSR count). The molecule has 0 N–H and O–H groups in total. The van der Waals surface area contributed by atoms with Crippen molar-refractivity contribution in [3.05, 3.63) is 108 Å². The van der Waals surface area contributed by atoms with Gasteiger partial charge in [-0.25, -0.2) is 0 Å². The van der Waals surface area contributed by atoms with Crippen LogP contribution in [0.15, 0.2) is 91.0 Å². The van der Waals surface area contributed by atoms with Gasteiger partial charge in [0.05, 0.1) is 33.0 Å². The molecule has 3 aromatic rings. The molecule has 13 nitrogen and oxygen atoms in total. The summed E-state index contributed by atoms with van der Waals surface area (Å²) in [5, 5.41) is 0. The quantitative estimate of drug-likeness (QED) is 0.145. The Hall–Kier alpha value is -4.21. The number of esters is 3. The van der Waals surface area contributed by atoms with E-state index in [1.54, 1.807) is 0 Å². The molecule has 2 saturated heterocycles. The summed E-state index contributed by atoms with van der Waals surface area (Å²) in [7, 11) is 1.35. The molecule has 13 heteroatoms. The van der Waals surface area contributed by atoms with E-state index >= 15 is 0 Å². The Bertz CT molecular complexity index is 1540. The Morgan fingerprint density at radius 3 is 1.46 bits per heavy atom. The van der Waals surface area contributed by atoms with Crippen LogP contribution >= 0.6 is 0 Å². The molecule has 2 fully saturated rings. The predicted molar refractivity (Wildman–Crippen MR) is 183 cm³/mol. The molecule has 0 aromatic heterocycles. The van der Waals surface area contributed by atoms with Gasteiger partial charge in [-0.2, -0.15) is 0 Å². The van der Waals surface area contributed by atoms with Crippen LogP contribution in [-0.2, 0) is 81.6 Å². The maximum absolute atomic E-state index is 12.3. The lowest BCUT2D eigenvalue weighted by Gasteiger charge is -2.44. The SMILES string of the molecule is CO[C@H]1O[C@H](CO[C@H]2O[C@H](COCc3ccccc3)[C@@H](OCc3ccccc3)[C@@H]2OCc2ccccc2)[C@@H](OC(C)=O)[C@H](OC(C)=O)[C@H]1OC(C)=O. The fourth-order valence-electron chi connectivity index (χ4n) is 6.11. The molecule has 2 aliphatic rings. The summed E-state index contributed by atoms with van der Waals surface area (Å²) in [5.41, 5.74) is 2.89. The van der Waals surface area contributed by atoms with Gasteiger partial charge in [-0.05, 0) is 16.7 Å². The van der Waals surface area contributed by atoms with Gasteiger partial charge in [0.25, 0.3) is 0 Å². The van der Waals surface area contributed by atoms with Gasteiger partial charge in [0, 0.05) is 27.9 Å². The van der Waals surface area contributed by atoms with Crippen molar-refractivity contribution in [2.45, 2.75) is 95.9 Å². The zero-order valence-corrected chi connectivity index (χ0v) is 29.7. The van der Waals surface area contributed by atoms with Gasteiger partial charge in [-0.15, -0.1) is 0 Å². The molecule has 0 amide bonds.